The lowest BCUT2D eigenvalue weighted by Crippen LogP contribution is -2.30. The lowest BCUT2D eigenvalue weighted by molar-refractivity contribution is -0.116. The van der Waals surface area contributed by atoms with E-state index in [2.05, 4.69) is 10.5 Å². The third-order valence-corrected chi connectivity index (χ3v) is 7.07. The Hall–Kier alpha value is -2.19. The highest BCUT2D eigenvalue weighted by molar-refractivity contribution is 7.89. The summed E-state index contributed by atoms with van der Waals surface area (Å²) in [6.45, 7) is 11.8. The number of rotatable bonds is 8. The molecule has 0 atom stereocenters. The van der Waals surface area contributed by atoms with Crippen molar-refractivity contribution in [1.29, 1.82) is 0 Å². The molecule has 28 heavy (non-hydrogen) atoms. The molecule has 0 bridgehead atoms. The van der Waals surface area contributed by atoms with Crippen LogP contribution in [-0.4, -0.2) is 36.9 Å². The highest BCUT2D eigenvalue weighted by Gasteiger charge is 2.23. The van der Waals surface area contributed by atoms with Gasteiger partial charge in [0.15, 0.2) is 0 Å². The van der Waals surface area contributed by atoms with E-state index in [1.807, 2.05) is 27.7 Å². The zero-order valence-corrected chi connectivity index (χ0v) is 18.2. The fourth-order valence-electron chi connectivity index (χ4n) is 3.13. The zero-order chi connectivity index (χ0) is 21.1. The van der Waals surface area contributed by atoms with Crippen LogP contribution in [0.4, 0.5) is 5.69 Å². The summed E-state index contributed by atoms with van der Waals surface area (Å²) in [6, 6.07) is 3.20. The fraction of sp³-hybridized carbons (Fsp3) is 0.500. The van der Waals surface area contributed by atoms with Gasteiger partial charge in [-0.25, -0.2) is 8.42 Å². The summed E-state index contributed by atoms with van der Waals surface area (Å²) in [6.07, 6.45) is 0.775. The fourth-order valence-corrected chi connectivity index (χ4v) is 4.70. The van der Waals surface area contributed by atoms with Gasteiger partial charge in [0.05, 0.1) is 10.6 Å². The number of carbonyl (C=O) groups excluding carboxylic acids is 1. The lowest BCUT2D eigenvalue weighted by atomic mass is 10.1. The van der Waals surface area contributed by atoms with Crippen molar-refractivity contribution in [3.05, 3.63) is 40.3 Å². The summed E-state index contributed by atoms with van der Waals surface area (Å²) in [4.78, 5) is 12.7. The first-order valence-electron chi connectivity index (χ1n) is 9.44. The average molecular weight is 408 g/mol. The van der Waals surface area contributed by atoms with Crippen LogP contribution in [0, 0.1) is 27.7 Å². The highest BCUT2D eigenvalue weighted by Crippen LogP contribution is 2.26. The number of hydrogen-bond acceptors (Lipinski definition) is 5. The number of aryl methyl sites for hydroxylation is 3. The summed E-state index contributed by atoms with van der Waals surface area (Å²) < 4.78 is 32.2. The van der Waals surface area contributed by atoms with Gasteiger partial charge in [-0.2, -0.15) is 4.31 Å². The number of nitrogens with zero attached hydrogens (tertiary/aromatic N) is 2. The van der Waals surface area contributed by atoms with E-state index in [4.69, 9.17) is 4.52 Å². The Labute approximate surface area is 167 Å². The third kappa shape index (κ3) is 4.62. The number of sulfonamides is 1. The van der Waals surface area contributed by atoms with Crippen LogP contribution in [0.25, 0.3) is 0 Å². The largest absolute Gasteiger partial charge is 0.361 e. The van der Waals surface area contributed by atoms with E-state index >= 15 is 0 Å². The number of nitrogens with one attached hydrogen (secondary N) is 1. The van der Waals surface area contributed by atoms with E-state index in [1.165, 1.54) is 4.31 Å². The van der Waals surface area contributed by atoms with E-state index in [1.54, 1.807) is 26.0 Å². The van der Waals surface area contributed by atoms with Gasteiger partial charge in [0, 0.05) is 30.8 Å². The molecule has 154 valence electrons. The molecule has 0 aliphatic heterocycles. The minimum atomic E-state index is -3.60. The lowest BCUT2D eigenvalue weighted by Gasteiger charge is -2.20. The van der Waals surface area contributed by atoms with Crippen LogP contribution in [0.2, 0.25) is 0 Å². The molecule has 0 saturated carbocycles. The monoisotopic (exact) mass is 407 g/mol. The molecule has 7 nitrogen and oxygen atoms in total. The third-order valence-electron chi connectivity index (χ3n) is 5.04. The first kappa shape index (κ1) is 22.1. The summed E-state index contributed by atoms with van der Waals surface area (Å²) in [5.41, 5.74) is 3.90. The summed E-state index contributed by atoms with van der Waals surface area (Å²) in [5.74, 6) is 0.532. The molecule has 0 saturated heterocycles. The van der Waals surface area contributed by atoms with Gasteiger partial charge in [-0.1, -0.05) is 19.0 Å². The van der Waals surface area contributed by atoms with Crippen LogP contribution in [-0.2, 0) is 21.2 Å². The van der Waals surface area contributed by atoms with Crippen LogP contribution in [0.15, 0.2) is 21.6 Å². The van der Waals surface area contributed by atoms with Crippen molar-refractivity contribution < 1.29 is 17.7 Å². The Morgan fingerprint density at radius 3 is 2.32 bits per heavy atom. The van der Waals surface area contributed by atoms with Gasteiger partial charge in [0.1, 0.15) is 5.76 Å². The van der Waals surface area contributed by atoms with E-state index < -0.39 is 10.0 Å². The second-order valence-corrected chi connectivity index (χ2v) is 8.79. The maximum Gasteiger partial charge on any atom is 0.243 e. The molecule has 8 heteroatoms. The summed E-state index contributed by atoms with van der Waals surface area (Å²) in [5, 5.41) is 6.76. The van der Waals surface area contributed by atoms with Crippen molar-refractivity contribution in [3.63, 3.8) is 0 Å². The molecule has 1 aromatic heterocycles. The molecule has 1 aromatic carbocycles. The van der Waals surface area contributed by atoms with Crippen LogP contribution in [0.1, 0.15) is 48.4 Å². The number of aromatic nitrogens is 1. The molecule has 0 radical (unpaired) electrons. The first-order valence-corrected chi connectivity index (χ1v) is 10.9. The van der Waals surface area contributed by atoms with Crippen molar-refractivity contribution in [1.82, 2.24) is 9.46 Å². The van der Waals surface area contributed by atoms with Crippen molar-refractivity contribution in [2.24, 2.45) is 0 Å². The van der Waals surface area contributed by atoms with Gasteiger partial charge < -0.3 is 9.84 Å². The number of hydrogen-bond donors (Lipinski definition) is 1. The molecule has 0 spiro atoms. The number of anilines is 1. The highest BCUT2D eigenvalue weighted by atomic mass is 32.2. The molecular formula is C20H29N3O4S. The van der Waals surface area contributed by atoms with Crippen molar-refractivity contribution in [3.8, 4) is 0 Å². The quantitative estimate of drug-likeness (QED) is 0.723. The molecule has 0 unspecified atom stereocenters. The average Bonchev–Trinajstić information content (AvgIpc) is 2.95. The second kappa shape index (κ2) is 8.87. The predicted octanol–water partition coefficient (Wildman–Crippen LogP) is 3.51. The Bertz CT molecular complexity index is 941. The Balaban J connectivity index is 2.23. The number of amides is 1. The summed E-state index contributed by atoms with van der Waals surface area (Å²) >= 11 is 0. The van der Waals surface area contributed by atoms with Gasteiger partial charge in [-0.3, -0.25) is 4.79 Å². The van der Waals surface area contributed by atoms with Crippen LogP contribution < -0.4 is 5.32 Å². The molecule has 0 aliphatic rings. The second-order valence-electron chi connectivity index (χ2n) is 6.85. The molecule has 0 aliphatic carbocycles. The Morgan fingerprint density at radius 2 is 1.79 bits per heavy atom. The minimum Gasteiger partial charge on any atom is -0.361 e. The maximum atomic E-state index is 12.8. The van der Waals surface area contributed by atoms with E-state index in [-0.39, 0.29) is 17.2 Å². The molecule has 1 amide bonds. The van der Waals surface area contributed by atoms with Gasteiger partial charge in [-0.05, 0) is 57.4 Å². The predicted molar refractivity (Wildman–Crippen MR) is 109 cm³/mol. The number of carbonyl (C=O) groups is 1. The van der Waals surface area contributed by atoms with Crippen LogP contribution in [0.3, 0.4) is 0 Å². The molecule has 1 heterocycles. The minimum absolute atomic E-state index is 0.181. The molecule has 1 N–H and O–H groups in total. The Kier molecular flexibility index (Phi) is 7.01. The molecule has 2 aromatic rings. The smallest absolute Gasteiger partial charge is 0.243 e. The van der Waals surface area contributed by atoms with Crippen LogP contribution >= 0.6 is 0 Å². The first-order chi connectivity index (χ1) is 13.1. The van der Waals surface area contributed by atoms with Gasteiger partial charge in [0.2, 0.25) is 15.9 Å². The van der Waals surface area contributed by atoms with Crippen molar-refractivity contribution >= 4 is 21.6 Å². The zero-order valence-electron chi connectivity index (χ0n) is 17.4. The molecular weight excluding hydrogens is 378 g/mol. The van der Waals surface area contributed by atoms with Crippen molar-refractivity contribution in [2.75, 3.05) is 18.4 Å². The van der Waals surface area contributed by atoms with Gasteiger partial charge in [0.25, 0.3) is 0 Å². The van der Waals surface area contributed by atoms with E-state index in [0.29, 0.717) is 31.0 Å². The molecule has 0 fully saturated rings. The van der Waals surface area contributed by atoms with E-state index in [0.717, 1.165) is 22.4 Å². The van der Waals surface area contributed by atoms with Crippen molar-refractivity contribution in [2.45, 2.75) is 59.3 Å². The SMILES string of the molecule is CCN(CC)S(=O)(=O)c1cc(C)c(C)c(NC(=O)CCc2c(C)noc2C)c1. The van der Waals surface area contributed by atoms with Gasteiger partial charge in [-0.15, -0.1) is 0 Å². The van der Waals surface area contributed by atoms with Gasteiger partial charge >= 0.3 is 0 Å². The molecule has 2 rings (SSSR count). The van der Waals surface area contributed by atoms with E-state index in [9.17, 15) is 13.2 Å². The topological polar surface area (TPSA) is 92.5 Å². The Morgan fingerprint density at radius 1 is 1.14 bits per heavy atom. The number of benzene rings is 1. The standard InChI is InChI=1S/C20H29N3O4S/c1-7-23(8-2)28(25,26)17-11-13(3)14(4)19(12-17)21-20(24)10-9-18-15(5)22-27-16(18)6/h11-12H,7-10H2,1-6H3,(H,21,24). The maximum absolute atomic E-state index is 12.8. The summed E-state index contributed by atoms with van der Waals surface area (Å²) in [7, 11) is -3.60. The normalized spacial score (nSPS) is 11.8. The van der Waals surface area contributed by atoms with Crippen LogP contribution in [0.5, 0.6) is 0 Å².